The first-order valence-electron chi connectivity index (χ1n) is 7.35. The molecule has 0 saturated carbocycles. The van der Waals surface area contributed by atoms with E-state index < -0.39 is 23.3 Å². The van der Waals surface area contributed by atoms with Gasteiger partial charge in [0.15, 0.2) is 0 Å². The van der Waals surface area contributed by atoms with Crippen LogP contribution in [-0.2, 0) is 16.1 Å². The summed E-state index contributed by atoms with van der Waals surface area (Å²) in [5, 5.41) is 0. The van der Waals surface area contributed by atoms with Crippen LogP contribution in [0.2, 0.25) is 0 Å². The van der Waals surface area contributed by atoms with Crippen LogP contribution in [0.1, 0.15) is 26.3 Å². The summed E-state index contributed by atoms with van der Waals surface area (Å²) in [4.78, 5) is 26.8. The minimum atomic E-state index is -0.637. The predicted octanol–water partition coefficient (Wildman–Crippen LogP) is 2.54. The smallest absolute Gasteiger partial charge is 0.410 e. The van der Waals surface area contributed by atoms with Gasteiger partial charge < -0.3 is 9.64 Å². The number of rotatable bonds is 2. The van der Waals surface area contributed by atoms with Gasteiger partial charge in [0.2, 0.25) is 5.91 Å². The molecule has 0 spiro atoms. The molecule has 0 atom stereocenters. The first-order chi connectivity index (χ1) is 10.7. The molecule has 2 amide bonds. The molecule has 1 aromatic carbocycles. The molecule has 126 valence electrons. The van der Waals surface area contributed by atoms with Crippen molar-refractivity contribution in [3.8, 4) is 0 Å². The first kappa shape index (κ1) is 17.2. The van der Waals surface area contributed by atoms with Crippen molar-refractivity contribution in [2.24, 2.45) is 0 Å². The molecule has 1 aliphatic rings. The highest BCUT2D eigenvalue weighted by atomic mass is 19.1. The highest BCUT2D eigenvalue weighted by Gasteiger charge is 2.30. The Morgan fingerprint density at radius 2 is 1.96 bits per heavy atom. The number of amides is 2. The standard InChI is InChI=1S/C16H20F2N2O3/c1-16(2,3)23-15(22)20-7-6-19(14(21)10-20)9-11-8-12(17)4-5-13(11)18/h4-5,8H,6-7,9-10H2,1-3H3. The van der Waals surface area contributed by atoms with Crippen molar-refractivity contribution in [2.75, 3.05) is 19.6 Å². The maximum atomic E-state index is 13.7. The lowest BCUT2D eigenvalue weighted by Gasteiger charge is -2.35. The van der Waals surface area contributed by atoms with Crippen LogP contribution < -0.4 is 0 Å². The molecule has 1 aliphatic heterocycles. The number of hydrogen-bond donors (Lipinski definition) is 0. The predicted molar refractivity (Wildman–Crippen MR) is 79.6 cm³/mol. The number of nitrogens with zero attached hydrogens (tertiary/aromatic N) is 2. The quantitative estimate of drug-likeness (QED) is 0.839. The maximum Gasteiger partial charge on any atom is 0.410 e. The average Bonchev–Trinajstić information content (AvgIpc) is 2.43. The second kappa shape index (κ2) is 6.52. The van der Waals surface area contributed by atoms with Crippen molar-refractivity contribution >= 4 is 12.0 Å². The highest BCUT2D eigenvalue weighted by molar-refractivity contribution is 5.83. The average molecular weight is 326 g/mol. The Bertz CT molecular complexity index is 614. The summed E-state index contributed by atoms with van der Waals surface area (Å²) in [5.74, 6) is -1.44. The van der Waals surface area contributed by atoms with Gasteiger partial charge in [-0.25, -0.2) is 13.6 Å². The lowest BCUT2D eigenvalue weighted by molar-refractivity contribution is -0.136. The molecule has 0 radical (unpaired) electrons. The van der Waals surface area contributed by atoms with Gasteiger partial charge in [0.05, 0.1) is 0 Å². The van der Waals surface area contributed by atoms with Crippen LogP contribution in [0.3, 0.4) is 0 Å². The van der Waals surface area contributed by atoms with E-state index in [0.29, 0.717) is 0 Å². The van der Waals surface area contributed by atoms with Gasteiger partial charge in [0.25, 0.3) is 0 Å². The zero-order valence-electron chi connectivity index (χ0n) is 13.4. The van der Waals surface area contributed by atoms with Crippen molar-refractivity contribution in [3.05, 3.63) is 35.4 Å². The zero-order valence-corrected chi connectivity index (χ0v) is 13.4. The fraction of sp³-hybridized carbons (Fsp3) is 0.500. The Kier molecular flexibility index (Phi) is 4.87. The third kappa shape index (κ3) is 4.64. The summed E-state index contributed by atoms with van der Waals surface area (Å²) in [6.07, 6.45) is -0.553. The third-order valence-electron chi connectivity index (χ3n) is 3.34. The van der Waals surface area contributed by atoms with Crippen molar-refractivity contribution in [1.29, 1.82) is 0 Å². The van der Waals surface area contributed by atoms with E-state index in [-0.39, 0.29) is 37.6 Å². The summed E-state index contributed by atoms with van der Waals surface area (Å²) >= 11 is 0. The number of carbonyl (C=O) groups is 2. The number of ether oxygens (including phenoxy) is 1. The molecule has 2 rings (SSSR count). The van der Waals surface area contributed by atoms with Crippen molar-refractivity contribution < 1.29 is 23.1 Å². The van der Waals surface area contributed by atoms with Crippen molar-refractivity contribution in [3.63, 3.8) is 0 Å². The van der Waals surface area contributed by atoms with E-state index in [9.17, 15) is 18.4 Å². The molecule has 0 N–H and O–H groups in total. The van der Waals surface area contributed by atoms with E-state index in [4.69, 9.17) is 4.74 Å². The number of benzene rings is 1. The summed E-state index contributed by atoms with van der Waals surface area (Å²) in [5.41, 5.74) is -0.522. The Morgan fingerprint density at radius 1 is 1.26 bits per heavy atom. The second-order valence-electron chi connectivity index (χ2n) is 6.45. The van der Waals surface area contributed by atoms with Gasteiger partial charge in [0.1, 0.15) is 23.8 Å². The van der Waals surface area contributed by atoms with Gasteiger partial charge >= 0.3 is 6.09 Å². The molecule has 1 saturated heterocycles. The van der Waals surface area contributed by atoms with E-state index in [1.165, 1.54) is 9.80 Å². The van der Waals surface area contributed by atoms with E-state index in [1.54, 1.807) is 20.8 Å². The van der Waals surface area contributed by atoms with Crippen LogP contribution in [0.25, 0.3) is 0 Å². The second-order valence-corrected chi connectivity index (χ2v) is 6.45. The lowest BCUT2D eigenvalue weighted by atomic mass is 10.1. The van der Waals surface area contributed by atoms with E-state index >= 15 is 0 Å². The molecule has 0 bridgehead atoms. The molecule has 5 nitrogen and oxygen atoms in total. The highest BCUT2D eigenvalue weighted by Crippen LogP contribution is 2.16. The van der Waals surface area contributed by atoms with Crippen molar-refractivity contribution in [1.82, 2.24) is 9.80 Å². The normalized spacial score (nSPS) is 15.8. The van der Waals surface area contributed by atoms with E-state index in [2.05, 4.69) is 0 Å². The molecule has 0 aliphatic carbocycles. The molecular formula is C16H20F2N2O3. The topological polar surface area (TPSA) is 49.9 Å². The van der Waals surface area contributed by atoms with E-state index in [1.807, 2.05) is 0 Å². The zero-order chi connectivity index (χ0) is 17.2. The van der Waals surface area contributed by atoms with Crippen LogP contribution in [0.15, 0.2) is 18.2 Å². The van der Waals surface area contributed by atoms with Crippen LogP contribution in [0.4, 0.5) is 13.6 Å². The molecule has 1 aromatic rings. The number of piperazine rings is 1. The fourth-order valence-electron chi connectivity index (χ4n) is 2.23. The fourth-order valence-corrected chi connectivity index (χ4v) is 2.23. The Labute approximate surface area is 133 Å². The van der Waals surface area contributed by atoms with Crippen molar-refractivity contribution in [2.45, 2.75) is 32.9 Å². The molecular weight excluding hydrogens is 306 g/mol. The van der Waals surface area contributed by atoms with Gasteiger partial charge in [-0.3, -0.25) is 9.69 Å². The van der Waals surface area contributed by atoms with Crippen LogP contribution in [0.5, 0.6) is 0 Å². The number of hydrogen-bond acceptors (Lipinski definition) is 3. The van der Waals surface area contributed by atoms with Crippen LogP contribution >= 0.6 is 0 Å². The van der Waals surface area contributed by atoms with E-state index in [0.717, 1.165) is 18.2 Å². The molecule has 0 aromatic heterocycles. The minimum absolute atomic E-state index is 0.0232. The summed E-state index contributed by atoms with van der Waals surface area (Å²) < 4.78 is 32.1. The van der Waals surface area contributed by atoms with Crippen LogP contribution in [-0.4, -0.2) is 47.0 Å². The van der Waals surface area contributed by atoms with Gasteiger partial charge in [-0.15, -0.1) is 0 Å². The first-order valence-corrected chi connectivity index (χ1v) is 7.35. The molecule has 1 heterocycles. The number of carbonyl (C=O) groups excluding carboxylic acids is 2. The molecule has 7 heteroatoms. The van der Waals surface area contributed by atoms with Gasteiger partial charge in [-0.05, 0) is 39.0 Å². The molecule has 23 heavy (non-hydrogen) atoms. The third-order valence-corrected chi connectivity index (χ3v) is 3.34. The van der Waals surface area contributed by atoms with Gasteiger partial charge in [0, 0.05) is 25.2 Å². The Morgan fingerprint density at radius 3 is 2.57 bits per heavy atom. The largest absolute Gasteiger partial charge is 0.444 e. The lowest BCUT2D eigenvalue weighted by Crippen LogP contribution is -2.52. The Hall–Kier alpha value is -2.18. The molecule has 0 unspecified atom stereocenters. The molecule has 1 fully saturated rings. The maximum absolute atomic E-state index is 13.7. The summed E-state index contributed by atoms with van der Waals surface area (Å²) in [6, 6.07) is 3.13. The summed E-state index contributed by atoms with van der Waals surface area (Å²) in [6.45, 7) is 5.61. The van der Waals surface area contributed by atoms with Gasteiger partial charge in [-0.2, -0.15) is 0 Å². The van der Waals surface area contributed by atoms with Crippen LogP contribution in [0, 0.1) is 11.6 Å². The Balaban J connectivity index is 1.98. The van der Waals surface area contributed by atoms with Gasteiger partial charge in [-0.1, -0.05) is 0 Å². The number of halogens is 2. The SMILES string of the molecule is CC(C)(C)OC(=O)N1CCN(Cc2cc(F)ccc2F)C(=O)C1. The minimum Gasteiger partial charge on any atom is -0.444 e. The summed E-state index contributed by atoms with van der Waals surface area (Å²) in [7, 11) is 0. The monoisotopic (exact) mass is 326 g/mol.